The van der Waals surface area contributed by atoms with Gasteiger partial charge in [-0.2, -0.15) is 10.1 Å². The third-order valence-electron chi connectivity index (χ3n) is 9.96. The van der Waals surface area contributed by atoms with Gasteiger partial charge in [0.05, 0.1) is 28.8 Å². The maximum Gasteiger partial charge on any atom is 0.293 e. The number of benzene rings is 2. The average molecular weight is 741 g/mol. The van der Waals surface area contributed by atoms with E-state index in [0.29, 0.717) is 52.4 Å². The lowest BCUT2D eigenvalue weighted by atomic mass is 9.93. The highest BCUT2D eigenvalue weighted by Crippen LogP contribution is 2.33. The molecule has 0 radical (unpaired) electrons. The molecule has 2 aromatic carbocycles. The molecule has 4 N–H and O–H groups in total. The number of ether oxygens (including phenoxy) is 1. The van der Waals surface area contributed by atoms with E-state index in [-0.39, 0.29) is 35.6 Å². The van der Waals surface area contributed by atoms with Crippen molar-refractivity contribution >= 4 is 74.3 Å². The molecule has 0 saturated carbocycles. The number of hydrogen-bond acceptors (Lipinski definition) is 11. The first-order valence-electron chi connectivity index (χ1n) is 17.6. The van der Waals surface area contributed by atoms with E-state index >= 15 is 0 Å². The Kier molecular flexibility index (Phi) is 10.2. The fraction of sp³-hybridized carbons (Fsp3) is 0.378. The van der Waals surface area contributed by atoms with Crippen LogP contribution in [-0.4, -0.2) is 75.3 Å². The number of likely N-dealkylation sites (N-methyl/N-ethyl adjacent to an activating group) is 1. The van der Waals surface area contributed by atoms with Gasteiger partial charge in [-0.3, -0.25) is 29.2 Å². The lowest BCUT2D eigenvalue weighted by molar-refractivity contribution is -0.134. The molecule has 2 saturated heterocycles. The van der Waals surface area contributed by atoms with Crippen LogP contribution in [0.5, 0.6) is 5.75 Å². The molecule has 3 aromatic heterocycles. The molecule has 7 rings (SSSR count). The summed E-state index contributed by atoms with van der Waals surface area (Å²) in [7, 11) is 5.03. The highest BCUT2D eigenvalue weighted by atomic mass is 35.5. The number of imide groups is 1. The molecule has 0 spiro atoms. The van der Waals surface area contributed by atoms with Gasteiger partial charge in [0.1, 0.15) is 5.02 Å². The highest BCUT2D eigenvalue weighted by molar-refractivity contribution is 6.33. The van der Waals surface area contributed by atoms with Crippen molar-refractivity contribution in [3.63, 3.8) is 0 Å². The van der Waals surface area contributed by atoms with Gasteiger partial charge >= 0.3 is 0 Å². The molecule has 53 heavy (non-hydrogen) atoms. The third-order valence-corrected chi connectivity index (χ3v) is 10.2. The molecule has 2 unspecified atom stereocenters. The first-order valence-corrected chi connectivity index (χ1v) is 18.0. The molecule has 16 heteroatoms. The van der Waals surface area contributed by atoms with E-state index in [4.69, 9.17) is 21.3 Å². The van der Waals surface area contributed by atoms with Crippen LogP contribution in [0.25, 0.3) is 21.8 Å². The number of pyridine rings is 1. The van der Waals surface area contributed by atoms with E-state index in [1.54, 1.807) is 24.0 Å². The second-order valence-electron chi connectivity index (χ2n) is 13.5. The van der Waals surface area contributed by atoms with Crippen LogP contribution < -0.4 is 36.5 Å². The zero-order valence-electron chi connectivity index (χ0n) is 29.7. The largest absolute Gasteiger partial charge is 0.478 e. The van der Waals surface area contributed by atoms with E-state index < -0.39 is 5.92 Å². The number of carbonyl (C=O) groups is 3. The van der Waals surface area contributed by atoms with Crippen LogP contribution in [0.1, 0.15) is 43.7 Å². The topological polar surface area (TPSA) is 177 Å². The summed E-state index contributed by atoms with van der Waals surface area (Å²) in [5.41, 5.74) is 3.67. The number of aromatic nitrogens is 5. The Morgan fingerprint density at radius 3 is 2.70 bits per heavy atom. The van der Waals surface area contributed by atoms with Gasteiger partial charge in [0.2, 0.25) is 17.8 Å². The van der Waals surface area contributed by atoms with Crippen LogP contribution in [-0.2, 0) is 28.5 Å². The van der Waals surface area contributed by atoms with Gasteiger partial charge in [0, 0.05) is 69.3 Å². The van der Waals surface area contributed by atoms with Crippen LogP contribution in [0, 0.1) is 5.92 Å². The average Bonchev–Trinajstić information content (AvgIpc) is 3.48. The third kappa shape index (κ3) is 7.61. The number of halogens is 1. The SMILES string of the molecule is CNC(=O)COc1cc2cc(Nc3nc(N4CCCC(CCNc5ccc6c(C7CCC(=O)NC7=O)nn(C)c6c5)C4)ncc3Cl)ccc2n(C)c1=O. The van der Waals surface area contributed by atoms with Crippen LogP contribution in [0.3, 0.4) is 0 Å². The zero-order chi connectivity index (χ0) is 37.2. The molecule has 0 aliphatic carbocycles. The predicted octanol–water partition coefficient (Wildman–Crippen LogP) is 3.98. The summed E-state index contributed by atoms with van der Waals surface area (Å²) in [6.45, 7) is 2.16. The summed E-state index contributed by atoms with van der Waals surface area (Å²) in [4.78, 5) is 60.2. The number of amides is 3. The van der Waals surface area contributed by atoms with E-state index in [1.807, 2.05) is 37.4 Å². The summed E-state index contributed by atoms with van der Waals surface area (Å²) in [6.07, 6.45) is 5.44. The van der Waals surface area contributed by atoms with Crippen LogP contribution in [0.15, 0.2) is 53.5 Å². The number of carbonyl (C=O) groups excluding carboxylic acids is 3. The van der Waals surface area contributed by atoms with E-state index in [0.717, 1.165) is 60.9 Å². The number of piperidine rings is 2. The summed E-state index contributed by atoms with van der Waals surface area (Å²) in [5, 5.41) is 18.5. The van der Waals surface area contributed by atoms with E-state index in [9.17, 15) is 19.2 Å². The van der Waals surface area contributed by atoms with Gasteiger partial charge in [-0.05, 0) is 74.1 Å². The Hall–Kier alpha value is -5.70. The van der Waals surface area contributed by atoms with Crippen molar-refractivity contribution in [1.82, 2.24) is 34.9 Å². The summed E-state index contributed by atoms with van der Waals surface area (Å²) >= 11 is 6.56. The Labute approximate surface area is 310 Å². The minimum absolute atomic E-state index is 0.0769. The van der Waals surface area contributed by atoms with Crippen LogP contribution in [0.4, 0.5) is 23.1 Å². The monoisotopic (exact) mass is 740 g/mol. The van der Waals surface area contributed by atoms with Gasteiger partial charge in [0.25, 0.3) is 11.5 Å². The minimum atomic E-state index is -0.436. The molecule has 2 fully saturated rings. The summed E-state index contributed by atoms with van der Waals surface area (Å²) < 4.78 is 8.77. The number of aryl methyl sites for hydroxylation is 2. The van der Waals surface area contributed by atoms with E-state index in [2.05, 4.69) is 42.3 Å². The Morgan fingerprint density at radius 2 is 1.89 bits per heavy atom. The Bertz CT molecular complexity index is 2290. The minimum Gasteiger partial charge on any atom is -0.478 e. The number of nitrogens with one attached hydrogen (secondary N) is 4. The second kappa shape index (κ2) is 15.1. The Balaban J connectivity index is 0.987. The summed E-state index contributed by atoms with van der Waals surface area (Å²) in [6, 6.07) is 13.2. The summed E-state index contributed by atoms with van der Waals surface area (Å²) in [5.74, 6) is 0.267. The van der Waals surface area contributed by atoms with Crippen molar-refractivity contribution in [2.75, 3.05) is 48.8 Å². The molecular weight excluding hydrogens is 700 g/mol. The number of rotatable bonds is 11. The van der Waals surface area contributed by atoms with Crippen molar-refractivity contribution in [1.29, 1.82) is 0 Å². The molecule has 2 atom stereocenters. The zero-order valence-corrected chi connectivity index (χ0v) is 30.5. The van der Waals surface area contributed by atoms with Crippen LogP contribution >= 0.6 is 11.6 Å². The fourth-order valence-electron chi connectivity index (χ4n) is 7.09. The first-order chi connectivity index (χ1) is 25.6. The van der Waals surface area contributed by atoms with Crippen molar-refractivity contribution in [3.05, 3.63) is 69.7 Å². The molecule has 5 heterocycles. The van der Waals surface area contributed by atoms with Gasteiger partial charge in [0.15, 0.2) is 18.2 Å². The molecular formula is C37H41ClN10O5. The molecule has 3 amide bonds. The van der Waals surface area contributed by atoms with Crippen molar-refractivity contribution in [2.24, 2.45) is 20.0 Å². The standard InChI is InChI=1S/C37H41ClN10O5/c1-39-32(50)20-53-30-16-22-15-24(7-10-28(22)46(2)36(30)52)42-34-27(38)18-41-37(44-34)48-14-4-5-21(19-48)12-13-40-23-6-8-25-29(17-23)47(3)45-33(25)26-9-11-31(49)43-35(26)51/h6-8,10,15-18,21,26,40H,4-5,9,11-14,19-20H2,1-3H3,(H,39,50)(H,41,42,44)(H,43,49,51). The van der Waals surface area contributed by atoms with Gasteiger partial charge in [-0.25, -0.2) is 4.98 Å². The molecule has 2 aliphatic heterocycles. The first kappa shape index (κ1) is 35.7. The maximum absolute atomic E-state index is 12.8. The number of hydrogen-bond donors (Lipinski definition) is 4. The predicted molar refractivity (Wildman–Crippen MR) is 203 cm³/mol. The number of fused-ring (bicyclic) bond motifs is 2. The lowest BCUT2D eigenvalue weighted by Crippen LogP contribution is -2.39. The van der Waals surface area contributed by atoms with Gasteiger partial charge < -0.3 is 30.2 Å². The smallest absolute Gasteiger partial charge is 0.293 e. The number of anilines is 4. The lowest BCUT2D eigenvalue weighted by Gasteiger charge is -2.33. The van der Waals surface area contributed by atoms with Crippen molar-refractivity contribution < 1.29 is 19.1 Å². The van der Waals surface area contributed by atoms with Crippen LogP contribution in [0.2, 0.25) is 5.02 Å². The highest BCUT2D eigenvalue weighted by Gasteiger charge is 2.31. The van der Waals surface area contributed by atoms with Crippen molar-refractivity contribution in [3.8, 4) is 5.75 Å². The van der Waals surface area contributed by atoms with Gasteiger partial charge in [-0.15, -0.1) is 0 Å². The number of nitrogens with zero attached hydrogens (tertiary/aromatic N) is 6. The molecule has 276 valence electrons. The maximum atomic E-state index is 12.8. The molecule has 0 bridgehead atoms. The fourth-order valence-corrected chi connectivity index (χ4v) is 7.23. The van der Waals surface area contributed by atoms with Crippen molar-refractivity contribution in [2.45, 2.75) is 38.0 Å². The quantitative estimate of drug-likeness (QED) is 0.144. The molecule has 15 nitrogen and oxygen atoms in total. The Morgan fingerprint density at radius 1 is 1.06 bits per heavy atom. The molecule has 5 aromatic rings. The van der Waals surface area contributed by atoms with E-state index in [1.165, 1.54) is 11.6 Å². The molecule has 2 aliphatic rings. The second-order valence-corrected chi connectivity index (χ2v) is 13.9. The van der Waals surface area contributed by atoms with Gasteiger partial charge in [-0.1, -0.05) is 11.6 Å². The normalized spacial score (nSPS) is 17.5.